The van der Waals surface area contributed by atoms with E-state index in [0.29, 0.717) is 0 Å². The lowest BCUT2D eigenvalue weighted by molar-refractivity contribution is -0.119. The maximum absolute atomic E-state index is 10.8. The van der Waals surface area contributed by atoms with Crippen molar-refractivity contribution in [3.05, 3.63) is 17.5 Å². The van der Waals surface area contributed by atoms with Gasteiger partial charge in [-0.3, -0.25) is 4.79 Å². The summed E-state index contributed by atoms with van der Waals surface area (Å²) in [6.45, 7) is 3.56. The Kier molecular flexibility index (Phi) is 2.33. The van der Waals surface area contributed by atoms with Crippen molar-refractivity contribution in [3.8, 4) is 6.07 Å². The average molecular weight is 178 g/mol. The molecule has 0 fully saturated rings. The zero-order chi connectivity index (χ0) is 10.0. The Morgan fingerprint density at radius 2 is 2.38 bits per heavy atom. The van der Waals surface area contributed by atoms with Crippen molar-refractivity contribution >= 4 is 5.91 Å². The SMILES string of the molecule is Cc1cc(C)n(C(C#N)C(N)=O)n1. The Bertz CT molecular complexity index is 374. The van der Waals surface area contributed by atoms with Crippen molar-refractivity contribution in [3.63, 3.8) is 0 Å². The first-order valence-electron chi connectivity index (χ1n) is 3.78. The Hall–Kier alpha value is -1.83. The van der Waals surface area contributed by atoms with Crippen molar-refractivity contribution in [2.75, 3.05) is 0 Å². The molecule has 0 radical (unpaired) electrons. The van der Waals surface area contributed by atoms with Crippen LogP contribution in [0.4, 0.5) is 0 Å². The highest BCUT2D eigenvalue weighted by Crippen LogP contribution is 2.09. The molecule has 0 aliphatic carbocycles. The Morgan fingerprint density at radius 1 is 1.77 bits per heavy atom. The summed E-state index contributed by atoms with van der Waals surface area (Å²) >= 11 is 0. The summed E-state index contributed by atoms with van der Waals surface area (Å²) in [7, 11) is 0. The first kappa shape index (κ1) is 9.26. The molecule has 5 nitrogen and oxygen atoms in total. The summed E-state index contributed by atoms with van der Waals surface area (Å²) in [5, 5.41) is 12.7. The largest absolute Gasteiger partial charge is 0.367 e. The van der Waals surface area contributed by atoms with Gasteiger partial charge in [-0.05, 0) is 19.9 Å². The van der Waals surface area contributed by atoms with Gasteiger partial charge in [0.1, 0.15) is 0 Å². The van der Waals surface area contributed by atoms with E-state index in [9.17, 15) is 4.79 Å². The van der Waals surface area contributed by atoms with Crippen LogP contribution in [0.3, 0.4) is 0 Å². The van der Waals surface area contributed by atoms with Gasteiger partial charge < -0.3 is 5.73 Å². The van der Waals surface area contributed by atoms with Gasteiger partial charge >= 0.3 is 0 Å². The summed E-state index contributed by atoms with van der Waals surface area (Å²) in [5.41, 5.74) is 6.55. The number of nitriles is 1. The van der Waals surface area contributed by atoms with Gasteiger partial charge in [-0.2, -0.15) is 10.4 Å². The zero-order valence-electron chi connectivity index (χ0n) is 7.48. The summed E-state index contributed by atoms with van der Waals surface area (Å²) < 4.78 is 1.33. The summed E-state index contributed by atoms with van der Waals surface area (Å²) in [6, 6.07) is 2.58. The van der Waals surface area contributed by atoms with Gasteiger partial charge in [0.05, 0.1) is 11.8 Å². The number of carbonyl (C=O) groups is 1. The maximum atomic E-state index is 10.8. The quantitative estimate of drug-likeness (QED) is 0.694. The number of primary amides is 1. The van der Waals surface area contributed by atoms with Gasteiger partial charge in [0, 0.05) is 5.69 Å². The lowest BCUT2D eigenvalue weighted by atomic mass is 10.3. The van der Waals surface area contributed by atoms with Crippen LogP contribution in [-0.4, -0.2) is 15.7 Å². The molecular weight excluding hydrogens is 168 g/mol. The highest BCUT2D eigenvalue weighted by atomic mass is 16.1. The number of carbonyl (C=O) groups excluding carboxylic acids is 1. The van der Waals surface area contributed by atoms with E-state index >= 15 is 0 Å². The predicted molar refractivity (Wildman–Crippen MR) is 45.5 cm³/mol. The van der Waals surface area contributed by atoms with Gasteiger partial charge in [-0.25, -0.2) is 4.68 Å². The molecule has 5 heteroatoms. The number of aromatic nitrogens is 2. The molecule has 2 N–H and O–H groups in total. The van der Waals surface area contributed by atoms with Gasteiger partial charge in [0.15, 0.2) is 0 Å². The van der Waals surface area contributed by atoms with Crippen LogP contribution >= 0.6 is 0 Å². The molecule has 1 atom stereocenters. The second-order valence-corrected chi connectivity index (χ2v) is 2.81. The second-order valence-electron chi connectivity index (χ2n) is 2.81. The molecule has 0 aromatic carbocycles. The smallest absolute Gasteiger partial charge is 0.256 e. The highest BCUT2D eigenvalue weighted by Gasteiger charge is 2.18. The van der Waals surface area contributed by atoms with E-state index in [1.165, 1.54) is 4.68 Å². The second kappa shape index (κ2) is 3.27. The Balaban J connectivity index is 3.13. The third kappa shape index (κ3) is 1.67. The van der Waals surface area contributed by atoms with Crippen LogP contribution in [0.15, 0.2) is 6.07 Å². The minimum absolute atomic E-state index is 0.686. The van der Waals surface area contributed by atoms with E-state index < -0.39 is 11.9 Å². The van der Waals surface area contributed by atoms with Crippen LogP contribution in [0.25, 0.3) is 0 Å². The molecule has 1 rings (SSSR count). The van der Waals surface area contributed by atoms with E-state index in [-0.39, 0.29) is 0 Å². The molecule has 0 saturated carbocycles. The van der Waals surface area contributed by atoms with E-state index in [0.717, 1.165) is 11.4 Å². The first-order valence-corrected chi connectivity index (χ1v) is 3.78. The van der Waals surface area contributed by atoms with Crippen molar-refractivity contribution < 1.29 is 4.79 Å². The molecule has 1 unspecified atom stereocenters. The fraction of sp³-hybridized carbons (Fsp3) is 0.375. The van der Waals surface area contributed by atoms with E-state index in [1.807, 2.05) is 0 Å². The van der Waals surface area contributed by atoms with Gasteiger partial charge in [-0.1, -0.05) is 0 Å². The van der Waals surface area contributed by atoms with Crippen LogP contribution in [-0.2, 0) is 4.79 Å². The summed E-state index contributed by atoms with van der Waals surface area (Å²) in [5.74, 6) is -0.686. The molecule has 1 amide bonds. The number of hydrogen-bond donors (Lipinski definition) is 1. The average Bonchev–Trinajstić information content (AvgIpc) is 2.31. The standard InChI is InChI=1S/C8H10N4O/c1-5-3-6(2)12(11-5)7(4-9)8(10)13/h3,7H,1-2H3,(H2,10,13). The summed E-state index contributed by atoms with van der Waals surface area (Å²) in [4.78, 5) is 10.8. The summed E-state index contributed by atoms with van der Waals surface area (Å²) in [6.07, 6.45) is 0. The molecule has 1 aromatic heterocycles. The first-order chi connectivity index (χ1) is 6.06. The van der Waals surface area contributed by atoms with Crippen LogP contribution < -0.4 is 5.73 Å². The third-order valence-electron chi connectivity index (χ3n) is 1.68. The van der Waals surface area contributed by atoms with Crippen molar-refractivity contribution in [1.82, 2.24) is 9.78 Å². The van der Waals surface area contributed by atoms with Crippen molar-refractivity contribution in [2.24, 2.45) is 5.73 Å². The molecule has 13 heavy (non-hydrogen) atoms. The van der Waals surface area contributed by atoms with Crippen molar-refractivity contribution in [2.45, 2.75) is 19.9 Å². The van der Waals surface area contributed by atoms with Gasteiger partial charge in [0.2, 0.25) is 6.04 Å². The molecular formula is C8H10N4O. The Morgan fingerprint density at radius 3 is 2.69 bits per heavy atom. The number of amides is 1. The topological polar surface area (TPSA) is 84.7 Å². The lowest BCUT2D eigenvalue weighted by Gasteiger charge is -2.06. The number of rotatable bonds is 2. The molecule has 0 aliphatic heterocycles. The van der Waals surface area contributed by atoms with Crippen molar-refractivity contribution in [1.29, 1.82) is 5.26 Å². The minimum atomic E-state index is -1.01. The molecule has 68 valence electrons. The monoisotopic (exact) mass is 178 g/mol. The Labute approximate surface area is 75.8 Å². The molecule has 1 heterocycles. The third-order valence-corrected chi connectivity index (χ3v) is 1.68. The van der Waals surface area contributed by atoms with E-state index in [4.69, 9.17) is 11.0 Å². The molecule has 0 aliphatic rings. The maximum Gasteiger partial charge on any atom is 0.256 e. The molecule has 0 spiro atoms. The molecule has 0 saturated heterocycles. The van der Waals surface area contributed by atoms with Gasteiger partial charge in [0.25, 0.3) is 5.91 Å². The van der Waals surface area contributed by atoms with E-state index in [1.54, 1.807) is 26.0 Å². The fourth-order valence-corrected chi connectivity index (χ4v) is 1.15. The van der Waals surface area contributed by atoms with Crippen LogP contribution in [0, 0.1) is 25.2 Å². The predicted octanol–water partition coefficient (Wildman–Crippen LogP) is 0.0499. The van der Waals surface area contributed by atoms with Gasteiger partial charge in [-0.15, -0.1) is 0 Å². The zero-order valence-corrected chi connectivity index (χ0v) is 7.48. The number of hydrogen-bond acceptors (Lipinski definition) is 3. The van der Waals surface area contributed by atoms with Crippen LogP contribution in [0.1, 0.15) is 17.4 Å². The highest BCUT2D eigenvalue weighted by molar-refractivity contribution is 5.81. The molecule has 0 bridgehead atoms. The number of aryl methyl sites for hydroxylation is 2. The fourth-order valence-electron chi connectivity index (χ4n) is 1.15. The normalized spacial score (nSPS) is 12.1. The number of nitrogens with zero attached hydrogens (tertiary/aromatic N) is 3. The molecule has 1 aromatic rings. The lowest BCUT2D eigenvalue weighted by Crippen LogP contribution is -2.26. The van der Waals surface area contributed by atoms with E-state index in [2.05, 4.69) is 5.10 Å². The van der Waals surface area contributed by atoms with Crippen LogP contribution in [0.5, 0.6) is 0 Å². The minimum Gasteiger partial charge on any atom is -0.367 e. The number of nitrogens with two attached hydrogens (primary N) is 1. The van der Waals surface area contributed by atoms with Crippen LogP contribution in [0.2, 0.25) is 0 Å².